The second kappa shape index (κ2) is 9.17. The Labute approximate surface area is 197 Å². The van der Waals surface area contributed by atoms with Crippen LogP contribution in [0.2, 0.25) is 0 Å². The molecule has 0 aliphatic carbocycles. The summed E-state index contributed by atoms with van der Waals surface area (Å²) in [5.74, 6) is 0.838. The lowest BCUT2D eigenvalue weighted by Crippen LogP contribution is -2.54. The Balaban J connectivity index is 1.28. The SMILES string of the molecule is O=C1NCc2cc(-c3[nH]ncc3CN3CCN(c4ccc(C(F)(F)F)cn4)[C@@H](CF)C3)ccc2O1. The fourth-order valence-corrected chi connectivity index (χ4v) is 4.42. The molecule has 2 aromatic heterocycles. The van der Waals surface area contributed by atoms with E-state index in [2.05, 4.69) is 25.4 Å². The maximum absolute atomic E-state index is 13.9. The smallest absolute Gasteiger partial charge is 0.410 e. The molecule has 35 heavy (non-hydrogen) atoms. The number of rotatable bonds is 5. The van der Waals surface area contributed by atoms with Gasteiger partial charge in [0.2, 0.25) is 0 Å². The number of hydrogen-bond donors (Lipinski definition) is 2. The number of pyridine rings is 1. The number of fused-ring (bicyclic) bond motifs is 1. The van der Waals surface area contributed by atoms with Crippen molar-refractivity contribution in [2.45, 2.75) is 25.3 Å². The van der Waals surface area contributed by atoms with Gasteiger partial charge in [-0.15, -0.1) is 0 Å². The van der Waals surface area contributed by atoms with Crippen LogP contribution in [-0.4, -0.2) is 58.5 Å². The van der Waals surface area contributed by atoms with Gasteiger partial charge in [0.15, 0.2) is 0 Å². The molecular formula is C23H22F4N6O2. The van der Waals surface area contributed by atoms with E-state index >= 15 is 0 Å². The summed E-state index contributed by atoms with van der Waals surface area (Å²) < 4.78 is 57.6. The standard InChI is InChI=1S/C23H22F4N6O2/c24-8-18-13-32(5-6-33(18)20-4-2-17(11-28-20)23(25,26)27)12-16-10-30-31-21(16)14-1-3-19-15(7-14)9-29-22(34)35-19/h1-4,7,10-11,18H,5-6,8-9,12-13H2,(H,29,34)(H,30,31)/t18-/m0/s1. The zero-order chi connectivity index (χ0) is 24.6. The van der Waals surface area contributed by atoms with Gasteiger partial charge in [-0.05, 0) is 30.3 Å². The first kappa shape index (κ1) is 23.1. The predicted molar refractivity (Wildman–Crippen MR) is 119 cm³/mol. The van der Waals surface area contributed by atoms with Gasteiger partial charge in [-0.2, -0.15) is 18.3 Å². The van der Waals surface area contributed by atoms with Gasteiger partial charge in [-0.3, -0.25) is 10.00 Å². The summed E-state index contributed by atoms with van der Waals surface area (Å²) in [4.78, 5) is 19.1. The molecule has 2 aliphatic heterocycles. The van der Waals surface area contributed by atoms with Crippen molar-refractivity contribution in [2.24, 2.45) is 0 Å². The summed E-state index contributed by atoms with van der Waals surface area (Å²) >= 11 is 0. The van der Waals surface area contributed by atoms with Gasteiger partial charge < -0.3 is 15.0 Å². The van der Waals surface area contributed by atoms with Gasteiger partial charge in [0.25, 0.3) is 0 Å². The Morgan fingerprint density at radius 1 is 1.14 bits per heavy atom. The highest BCUT2D eigenvalue weighted by atomic mass is 19.4. The molecule has 1 amide bonds. The molecular weight excluding hydrogens is 468 g/mol. The fourth-order valence-electron chi connectivity index (χ4n) is 4.42. The Kier molecular flexibility index (Phi) is 6.05. The second-order valence-electron chi connectivity index (χ2n) is 8.48. The van der Waals surface area contributed by atoms with Crippen molar-refractivity contribution in [1.29, 1.82) is 0 Å². The van der Waals surface area contributed by atoms with E-state index in [1.54, 1.807) is 17.2 Å². The van der Waals surface area contributed by atoms with Gasteiger partial charge in [0, 0.05) is 55.6 Å². The van der Waals surface area contributed by atoms with E-state index in [4.69, 9.17) is 4.74 Å². The molecule has 1 aromatic carbocycles. The van der Waals surface area contributed by atoms with E-state index < -0.39 is 30.5 Å². The van der Waals surface area contributed by atoms with Gasteiger partial charge >= 0.3 is 12.3 Å². The number of nitrogens with zero attached hydrogens (tertiary/aromatic N) is 4. The number of hydrogen-bond acceptors (Lipinski definition) is 6. The molecule has 2 N–H and O–H groups in total. The molecule has 8 nitrogen and oxygen atoms in total. The number of carbonyl (C=O) groups is 1. The number of H-pyrrole nitrogens is 1. The van der Waals surface area contributed by atoms with Crippen LogP contribution in [-0.2, 0) is 19.3 Å². The van der Waals surface area contributed by atoms with Crippen molar-refractivity contribution < 1.29 is 27.1 Å². The van der Waals surface area contributed by atoms with Crippen LogP contribution >= 0.6 is 0 Å². The summed E-state index contributed by atoms with van der Waals surface area (Å²) in [6, 6.07) is 7.22. The molecule has 0 radical (unpaired) electrons. The largest absolute Gasteiger partial charge is 0.417 e. The van der Waals surface area contributed by atoms with Gasteiger partial charge in [0.05, 0.1) is 23.5 Å². The quantitative estimate of drug-likeness (QED) is 0.530. The number of alkyl halides is 4. The third-order valence-corrected chi connectivity index (χ3v) is 6.20. The van der Waals surface area contributed by atoms with Crippen LogP contribution in [0.3, 0.4) is 0 Å². The van der Waals surface area contributed by atoms with Crippen molar-refractivity contribution in [3.05, 3.63) is 59.4 Å². The van der Waals surface area contributed by atoms with Gasteiger partial charge in [-0.1, -0.05) is 0 Å². The number of ether oxygens (including phenoxy) is 1. The summed E-state index contributed by atoms with van der Waals surface area (Å²) in [5, 5.41) is 9.83. The number of piperazine rings is 1. The average Bonchev–Trinajstić information content (AvgIpc) is 3.31. The maximum atomic E-state index is 13.9. The zero-order valence-corrected chi connectivity index (χ0v) is 18.5. The molecule has 0 unspecified atom stereocenters. The predicted octanol–water partition coefficient (Wildman–Crippen LogP) is 3.75. The number of anilines is 1. The topological polar surface area (TPSA) is 86.4 Å². The van der Waals surface area contributed by atoms with E-state index in [9.17, 15) is 22.4 Å². The molecule has 2 aliphatic rings. The number of halogens is 4. The summed E-state index contributed by atoms with van der Waals surface area (Å²) in [6.45, 7) is 1.61. The molecule has 0 spiro atoms. The average molecular weight is 490 g/mol. The molecule has 4 heterocycles. The molecule has 12 heteroatoms. The van der Waals surface area contributed by atoms with E-state index in [1.807, 2.05) is 12.1 Å². The Bertz CT molecular complexity index is 1210. The minimum atomic E-state index is -4.47. The van der Waals surface area contributed by atoms with Crippen molar-refractivity contribution in [3.63, 3.8) is 0 Å². The third kappa shape index (κ3) is 4.78. The highest BCUT2D eigenvalue weighted by Gasteiger charge is 2.32. The van der Waals surface area contributed by atoms with E-state index in [0.717, 1.165) is 34.6 Å². The monoisotopic (exact) mass is 490 g/mol. The molecule has 1 saturated heterocycles. The zero-order valence-electron chi connectivity index (χ0n) is 18.5. The second-order valence-corrected chi connectivity index (χ2v) is 8.48. The normalized spacial score (nSPS) is 18.7. The Morgan fingerprint density at radius 3 is 2.74 bits per heavy atom. The van der Waals surface area contributed by atoms with Crippen LogP contribution < -0.4 is 15.0 Å². The van der Waals surface area contributed by atoms with E-state index in [0.29, 0.717) is 44.3 Å². The first-order valence-electron chi connectivity index (χ1n) is 11.0. The molecule has 5 rings (SSSR count). The number of nitrogens with one attached hydrogen (secondary N) is 2. The molecule has 184 valence electrons. The molecule has 1 fully saturated rings. The Morgan fingerprint density at radius 2 is 2.00 bits per heavy atom. The number of aromatic amines is 1. The van der Waals surface area contributed by atoms with Crippen LogP contribution in [0.25, 0.3) is 11.3 Å². The number of amides is 1. The number of aromatic nitrogens is 3. The van der Waals surface area contributed by atoms with Crippen molar-refractivity contribution >= 4 is 11.9 Å². The Hall–Kier alpha value is -3.67. The van der Waals surface area contributed by atoms with Crippen LogP contribution in [0.1, 0.15) is 16.7 Å². The van der Waals surface area contributed by atoms with Crippen LogP contribution in [0.15, 0.2) is 42.7 Å². The summed E-state index contributed by atoms with van der Waals surface area (Å²) in [7, 11) is 0. The van der Waals surface area contributed by atoms with Crippen molar-refractivity contribution in [2.75, 3.05) is 31.2 Å². The van der Waals surface area contributed by atoms with Crippen LogP contribution in [0, 0.1) is 0 Å². The highest BCUT2D eigenvalue weighted by Crippen LogP contribution is 2.32. The minimum Gasteiger partial charge on any atom is -0.410 e. The highest BCUT2D eigenvalue weighted by molar-refractivity contribution is 5.74. The van der Waals surface area contributed by atoms with Gasteiger partial charge in [0.1, 0.15) is 18.2 Å². The summed E-state index contributed by atoms with van der Waals surface area (Å²) in [6.07, 6.45) is -2.45. The lowest BCUT2D eigenvalue weighted by atomic mass is 10.0. The van der Waals surface area contributed by atoms with Crippen LogP contribution in [0.5, 0.6) is 5.75 Å². The molecule has 0 saturated carbocycles. The summed E-state index contributed by atoms with van der Waals surface area (Å²) in [5.41, 5.74) is 2.63. The minimum absolute atomic E-state index is 0.327. The van der Waals surface area contributed by atoms with E-state index in [-0.39, 0.29) is 0 Å². The van der Waals surface area contributed by atoms with Crippen LogP contribution in [0.4, 0.5) is 28.2 Å². The number of carbonyl (C=O) groups excluding carboxylic acids is 1. The van der Waals surface area contributed by atoms with E-state index in [1.165, 1.54) is 6.07 Å². The lowest BCUT2D eigenvalue weighted by Gasteiger charge is -2.41. The van der Waals surface area contributed by atoms with Crippen molar-refractivity contribution in [3.8, 4) is 17.0 Å². The molecule has 1 atom stereocenters. The van der Waals surface area contributed by atoms with Crippen molar-refractivity contribution in [1.82, 2.24) is 25.4 Å². The fraction of sp³-hybridized carbons (Fsp3) is 0.348. The maximum Gasteiger partial charge on any atom is 0.417 e. The first-order valence-corrected chi connectivity index (χ1v) is 11.0. The molecule has 3 aromatic rings. The molecule has 0 bridgehead atoms. The third-order valence-electron chi connectivity index (χ3n) is 6.20. The number of benzene rings is 1. The van der Waals surface area contributed by atoms with Gasteiger partial charge in [-0.25, -0.2) is 14.2 Å². The first-order chi connectivity index (χ1) is 16.8. The lowest BCUT2D eigenvalue weighted by molar-refractivity contribution is -0.137.